The molecule has 0 aromatic carbocycles. The van der Waals surface area contributed by atoms with Gasteiger partial charge in [-0.25, -0.2) is 0 Å². The number of carbonyl (C=O) groups excluding carboxylic acids is 1. The molecule has 0 aromatic heterocycles. The lowest BCUT2D eigenvalue weighted by Crippen LogP contribution is -2.44. The van der Waals surface area contributed by atoms with Crippen molar-refractivity contribution in [1.82, 2.24) is 10.2 Å². The first-order chi connectivity index (χ1) is 9.53. The molecular formula is C16H30N2O2. The molecule has 0 spiro atoms. The normalized spacial score (nSPS) is 28.4. The first kappa shape index (κ1) is 15.8. The average Bonchev–Trinajstić information content (AvgIpc) is 3.11. The van der Waals surface area contributed by atoms with Gasteiger partial charge >= 0.3 is 0 Å². The van der Waals surface area contributed by atoms with Crippen molar-refractivity contribution in [3.63, 3.8) is 0 Å². The second-order valence-electron chi connectivity index (χ2n) is 6.91. The summed E-state index contributed by atoms with van der Waals surface area (Å²) in [6.45, 7) is 8.25. The maximum Gasteiger partial charge on any atom is 0.241 e. The molecule has 1 saturated heterocycles. The summed E-state index contributed by atoms with van der Waals surface area (Å²) in [7, 11) is 1.76. The fourth-order valence-electron chi connectivity index (χ4n) is 3.27. The van der Waals surface area contributed by atoms with Gasteiger partial charge in [0.2, 0.25) is 5.91 Å². The fraction of sp³-hybridized carbons (Fsp3) is 0.938. The molecule has 2 rings (SSSR count). The van der Waals surface area contributed by atoms with E-state index in [4.69, 9.17) is 4.74 Å². The van der Waals surface area contributed by atoms with Crippen molar-refractivity contribution < 1.29 is 9.53 Å². The molecule has 1 saturated carbocycles. The van der Waals surface area contributed by atoms with E-state index in [1.54, 1.807) is 7.11 Å². The van der Waals surface area contributed by atoms with Crippen molar-refractivity contribution in [1.29, 1.82) is 0 Å². The molecule has 0 aromatic rings. The van der Waals surface area contributed by atoms with Crippen LogP contribution in [0.4, 0.5) is 0 Å². The number of hydrogen-bond donors (Lipinski definition) is 1. The molecule has 1 aliphatic heterocycles. The third kappa shape index (κ3) is 3.34. The molecule has 4 nitrogen and oxygen atoms in total. The number of rotatable bonds is 8. The maximum absolute atomic E-state index is 12.6. The summed E-state index contributed by atoms with van der Waals surface area (Å²) in [4.78, 5) is 14.7. The lowest BCUT2D eigenvalue weighted by atomic mass is 10.0. The first-order valence-electron chi connectivity index (χ1n) is 8.08. The van der Waals surface area contributed by atoms with E-state index >= 15 is 0 Å². The smallest absolute Gasteiger partial charge is 0.241 e. The molecule has 1 amide bonds. The summed E-state index contributed by atoms with van der Waals surface area (Å²) in [6.07, 6.45) is 5.77. The van der Waals surface area contributed by atoms with Crippen molar-refractivity contribution in [3.8, 4) is 0 Å². The Morgan fingerprint density at radius 1 is 1.45 bits per heavy atom. The molecule has 20 heavy (non-hydrogen) atoms. The monoisotopic (exact) mass is 282 g/mol. The molecule has 0 bridgehead atoms. The number of methoxy groups -OCH3 is 1. The topological polar surface area (TPSA) is 41.6 Å². The number of ether oxygens (including phenoxy) is 1. The molecule has 2 atom stereocenters. The third-order valence-electron chi connectivity index (χ3n) is 4.80. The number of carbonyl (C=O) groups is 1. The Morgan fingerprint density at radius 3 is 2.65 bits per heavy atom. The van der Waals surface area contributed by atoms with Gasteiger partial charge in [0.15, 0.2) is 0 Å². The van der Waals surface area contributed by atoms with Gasteiger partial charge in [0.25, 0.3) is 0 Å². The minimum absolute atomic E-state index is 0.0330. The van der Waals surface area contributed by atoms with E-state index in [0.29, 0.717) is 17.2 Å². The molecule has 2 aliphatic rings. The molecule has 2 unspecified atom stereocenters. The molecule has 2 fully saturated rings. The van der Waals surface area contributed by atoms with E-state index in [-0.39, 0.29) is 12.2 Å². The van der Waals surface area contributed by atoms with E-state index < -0.39 is 0 Å². The number of hydrogen-bond acceptors (Lipinski definition) is 3. The molecule has 1 N–H and O–H groups in total. The highest BCUT2D eigenvalue weighted by Gasteiger charge is 2.49. The van der Waals surface area contributed by atoms with Crippen LogP contribution in [0.3, 0.4) is 0 Å². The van der Waals surface area contributed by atoms with Crippen LogP contribution in [0.2, 0.25) is 0 Å². The molecular weight excluding hydrogens is 252 g/mol. The van der Waals surface area contributed by atoms with Crippen LogP contribution in [0.25, 0.3) is 0 Å². The highest BCUT2D eigenvalue weighted by Crippen LogP contribution is 2.50. The van der Waals surface area contributed by atoms with Gasteiger partial charge in [-0.2, -0.15) is 0 Å². The SMILES string of the molecule is CCCC1NC(C(C)C)N(CC2(CCOC)CC2)C1=O. The van der Waals surface area contributed by atoms with Gasteiger partial charge in [-0.15, -0.1) is 0 Å². The van der Waals surface area contributed by atoms with Gasteiger partial charge in [-0.1, -0.05) is 27.2 Å². The van der Waals surface area contributed by atoms with Gasteiger partial charge in [0.05, 0.1) is 12.2 Å². The second-order valence-corrected chi connectivity index (χ2v) is 6.91. The fourth-order valence-corrected chi connectivity index (χ4v) is 3.27. The molecule has 0 radical (unpaired) electrons. The van der Waals surface area contributed by atoms with Crippen molar-refractivity contribution in [3.05, 3.63) is 0 Å². The predicted octanol–water partition coefficient (Wildman–Crippen LogP) is 2.39. The maximum atomic E-state index is 12.6. The Kier molecular flexibility index (Phi) is 5.08. The summed E-state index contributed by atoms with van der Waals surface area (Å²) in [5, 5.41) is 3.54. The molecule has 1 aliphatic carbocycles. The van der Waals surface area contributed by atoms with Crippen molar-refractivity contribution in [2.45, 2.75) is 65.1 Å². The van der Waals surface area contributed by atoms with E-state index in [1.165, 1.54) is 12.8 Å². The van der Waals surface area contributed by atoms with E-state index in [9.17, 15) is 4.79 Å². The van der Waals surface area contributed by atoms with Crippen LogP contribution in [0.15, 0.2) is 0 Å². The Balaban J connectivity index is 2.01. The summed E-state index contributed by atoms with van der Waals surface area (Å²) in [6, 6.07) is 0.0330. The zero-order valence-corrected chi connectivity index (χ0v) is 13.4. The van der Waals surface area contributed by atoms with E-state index in [2.05, 4.69) is 31.0 Å². The largest absolute Gasteiger partial charge is 0.385 e. The van der Waals surface area contributed by atoms with Crippen LogP contribution in [0, 0.1) is 11.3 Å². The van der Waals surface area contributed by atoms with Crippen LogP contribution in [-0.2, 0) is 9.53 Å². The number of nitrogens with zero attached hydrogens (tertiary/aromatic N) is 1. The summed E-state index contributed by atoms with van der Waals surface area (Å²) in [5.41, 5.74) is 0.335. The van der Waals surface area contributed by atoms with Gasteiger partial charge in [0, 0.05) is 20.3 Å². The minimum Gasteiger partial charge on any atom is -0.385 e. The van der Waals surface area contributed by atoms with Crippen molar-refractivity contribution in [2.24, 2.45) is 11.3 Å². The van der Waals surface area contributed by atoms with Gasteiger partial charge in [-0.3, -0.25) is 10.1 Å². The molecule has 116 valence electrons. The number of amides is 1. The van der Waals surface area contributed by atoms with E-state index in [0.717, 1.165) is 32.4 Å². The number of nitrogens with one attached hydrogen (secondary N) is 1. The zero-order valence-electron chi connectivity index (χ0n) is 13.4. The highest BCUT2D eigenvalue weighted by molar-refractivity contribution is 5.84. The molecule has 1 heterocycles. The van der Waals surface area contributed by atoms with Crippen molar-refractivity contribution in [2.75, 3.05) is 20.3 Å². The molecule has 4 heteroatoms. The predicted molar refractivity (Wildman–Crippen MR) is 80.3 cm³/mol. The summed E-state index contributed by atoms with van der Waals surface area (Å²) in [5.74, 6) is 0.772. The third-order valence-corrected chi connectivity index (χ3v) is 4.80. The van der Waals surface area contributed by atoms with Crippen molar-refractivity contribution >= 4 is 5.91 Å². The quantitative estimate of drug-likeness (QED) is 0.743. The van der Waals surface area contributed by atoms with E-state index in [1.807, 2.05) is 0 Å². The van der Waals surface area contributed by atoms with Gasteiger partial charge in [0.1, 0.15) is 0 Å². The first-order valence-corrected chi connectivity index (χ1v) is 8.08. The van der Waals surface area contributed by atoms with Crippen LogP contribution in [0.5, 0.6) is 0 Å². The lowest BCUT2D eigenvalue weighted by Gasteiger charge is -2.31. The van der Waals surface area contributed by atoms with Crippen LogP contribution in [-0.4, -0.2) is 43.3 Å². The zero-order chi connectivity index (χ0) is 14.8. The Labute approximate surface area is 123 Å². The average molecular weight is 282 g/mol. The Morgan fingerprint density at radius 2 is 2.15 bits per heavy atom. The Bertz CT molecular complexity index is 339. The van der Waals surface area contributed by atoms with Gasteiger partial charge < -0.3 is 9.64 Å². The van der Waals surface area contributed by atoms with Gasteiger partial charge in [-0.05, 0) is 37.0 Å². The minimum atomic E-state index is 0.0330. The lowest BCUT2D eigenvalue weighted by molar-refractivity contribution is -0.131. The summed E-state index contributed by atoms with van der Waals surface area (Å²) >= 11 is 0. The van der Waals surface area contributed by atoms with Crippen LogP contribution < -0.4 is 5.32 Å². The highest BCUT2D eigenvalue weighted by atomic mass is 16.5. The van der Waals surface area contributed by atoms with Crippen LogP contribution in [0.1, 0.15) is 52.9 Å². The summed E-state index contributed by atoms with van der Waals surface area (Å²) < 4.78 is 5.22. The second kappa shape index (κ2) is 6.44. The Hall–Kier alpha value is -0.610. The standard InChI is InChI=1S/C16H30N2O2/c1-5-6-13-15(19)18(14(17-13)12(2)3)11-16(7-8-16)9-10-20-4/h12-14,17H,5-11H2,1-4H3. The van der Waals surface area contributed by atoms with Crippen LogP contribution >= 0.6 is 0 Å².